The summed E-state index contributed by atoms with van der Waals surface area (Å²) in [6, 6.07) is -0.564. The highest BCUT2D eigenvalue weighted by molar-refractivity contribution is 5.99. The Labute approximate surface area is 93.8 Å². The van der Waals surface area contributed by atoms with Gasteiger partial charge in [0.05, 0.1) is 11.3 Å². The molecule has 1 unspecified atom stereocenters. The molecule has 1 aromatic heterocycles. The molecular formula is C10H16N4O2. The zero-order valence-corrected chi connectivity index (χ0v) is 9.84. The summed E-state index contributed by atoms with van der Waals surface area (Å²) in [5, 5.41) is 11.7. The lowest BCUT2D eigenvalue weighted by atomic mass is 10.1. The minimum atomic E-state index is -0.564. The Kier molecular flexibility index (Phi) is 3.65. The van der Waals surface area contributed by atoms with E-state index in [1.54, 1.807) is 20.8 Å². The van der Waals surface area contributed by atoms with Crippen molar-refractivity contribution >= 4 is 11.8 Å². The Bertz CT molecular complexity index is 391. The van der Waals surface area contributed by atoms with Gasteiger partial charge in [-0.05, 0) is 20.8 Å². The zero-order chi connectivity index (χ0) is 12.3. The van der Waals surface area contributed by atoms with Gasteiger partial charge in [0.25, 0.3) is 5.91 Å². The van der Waals surface area contributed by atoms with Crippen LogP contribution in [0.1, 0.15) is 28.7 Å². The van der Waals surface area contributed by atoms with E-state index in [-0.39, 0.29) is 11.8 Å². The fraction of sp³-hybridized carbons (Fsp3) is 0.500. The summed E-state index contributed by atoms with van der Waals surface area (Å²) in [6.07, 6.45) is 0. The molecule has 0 radical (unpaired) electrons. The summed E-state index contributed by atoms with van der Waals surface area (Å²) < 4.78 is 0. The lowest BCUT2D eigenvalue weighted by molar-refractivity contribution is -0.122. The molecule has 1 atom stereocenters. The quantitative estimate of drug-likeness (QED) is 0.669. The van der Waals surface area contributed by atoms with Crippen LogP contribution < -0.4 is 10.6 Å². The summed E-state index contributed by atoms with van der Waals surface area (Å²) in [5.74, 6) is -0.521. The molecule has 6 nitrogen and oxygen atoms in total. The van der Waals surface area contributed by atoms with Gasteiger partial charge < -0.3 is 10.6 Å². The maximum absolute atomic E-state index is 11.8. The highest BCUT2D eigenvalue weighted by Crippen LogP contribution is 2.08. The average Bonchev–Trinajstić information content (AvgIpc) is 2.57. The normalized spacial score (nSPS) is 12.0. The monoisotopic (exact) mass is 224 g/mol. The highest BCUT2D eigenvalue weighted by atomic mass is 16.2. The van der Waals surface area contributed by atoms with E-state index < -0.39 is 6.04 Å². The standard InChI is InChI=1S/C10H16N4O2/c1-5-8(6(2)14-13-5)10(16)12-7(3)9(15)11-4/h7H,1-4H3,(H,11,15)(H,12,16)(H,13,14). The van der Waals surface area contributed by atoms with Crippen LogP contribution in [0.2, 0.25) is 0 Å². The van der Waals surface area contributed by atoms with Crippen molar-refractivity contribution in [3.05, 3.63) is 17.0 Å². The van der Waals surface area contributed by atoms with E-state index >= 15 is 0 Å². The third kappa shape index (κ3) is 2.39. The molecule has 0 saturated heterocycles. The molecule has 1 rings (SSSR count). The third-order valence-electron chi connectivity index (χ3n) is 2.34. The second kappa shape index (κ2) is 4.78. The summed E-state index contributed by atoms with van der Waals surface area (Å²) in [4.78, 5) is 23.1. The number of likely N-dealkylation sites (N-methyl/N-ethyl adjacent to an activating group) is 1. The molecule has 0 saturated carbocycles. The lowest BCUT2D eigenvalue weighted by Gasteiger charge is -2.12. The number of aryl methyl sites for hydroxylation is 2. The molecule has 6 heteroatoms. The van der Waals surface area contributed by atoms with Gasteiger partial charge >= 0.3 is 0 Å². The van der Waals surface area contributed by atoms with E-state index in [1.807, 2.05) is 0 Å². The molecule has 0 aliphatic rings. The molecule has 0 fully saturated rings. The topological polar surface area (TPSA) is 86.9 Å². The molecular weight excluding hydrogens is 208 g/mol. The number of nitrogens with one attached hydrogen (secondary N) is 3. The van der Waals surface area contributed by atoms with Crippen LogP contribution in [0.4, 0.5) is 0 Å². The zero-order valence-electron chi connectivity index (χ0n) is 9.84. The van der Waals surface area contributed by atoms with Crippen LogP contribution >= 0.6 is 0 Å². The first-order valence-electron chi connectivity index (χ1n) is 5.01. The van der Waals surface area contributed by atoms with Crippen LogP contribution in [0.3, 0.4) is 0 Å². The van der Waals surface area contributed by atoms with E-state index in [4.69, 9.17) is 0 Å². The van der Waals surface area contributed by atoms with E-state index in [1.165, 1.54) is 7.05 Å². The molecule has 2 amide bonds. The number of rotatable bonds is 3. The van der Waals surface area contributed by atoms with Gasteiger partial charge in [-0.1, -0.05) is 0 Å². The Morgan fingerprint density at radius 2 is 2.00 bits per heavy atom. The van der Waals surface area contributed by atoms with Gasteiger partial charge in [0.15, 0.2) is 0 Å². The third-order valence-corrected chi connectivity index (χ3v) is 2.34. The van der Waals surface area contributed by atoms with Gasteiger partial charge in [0, 0.05) is 12.7 Å². The van der Waals surface area contributed by atoms with Crippen molar-refractivity contribution in [1.82, 2.24) is 20.8 Å². The minimum Gasteiger partial charge on any atom is -0.357 e. The van der Waals surface area contributed by atoms with Crippen LogP contribution in [0, 0.1) is 13.8 Å². The summed E-state index contributed by atoms with van der Waals surface area (Å²) in [6.45, 7) is 5.13. The molecule has 1 heterocycles. The number of carbonyl (C=O) groups excluding carboxylic acids is 2. The predicted octanol–water partition coefficient (Wildman–Crippen LogP) is -0.109. The van der Waals surface area contributed by atoms with E-state index in [9.17, 15) is 9.59 Å². The first-order chi connectivity index (χ1) is 7.47. The largest absolute Gasteiger partial charge is 0.357 e. The summed E-state index contributed by atoms with van der Waals surface area (Å²) in [7, 11) is 1.53. The maximum Gasteiger partial charge on any atom is 0.255 e. The van der Waals surface area contributed by atoms with Gasteiger partial charge in [-0.15, -0.1) is 0 Å². The van der Waals surface area contributed by atoms with Crippen molar-refractivity contribution in [3.63, 3.8) is 0 Å². The molecule has 0 spiro atoms. The SMILES string of the molecule is CNC(=O)C(C)NC(=O)c1c(C)n[nH]c1C. The van der Waals surface area contributed by atoms with E-state index in [0.29, 0.717) is 17.0 Å². The van der Waals surface area contributed by atoms with E-state index in [0.717, 1.165) is 0 Å². The number of carbonyl (C=O) groups is 2. The lowest BCUT2D eigenvalue weighted by Crippen LogP contribution is -2.43. The van der Waals surface area contributed by atoms with Crippen molar-refractivity contribution in [3.8, 4) is 0 Å². The number of nitrogens with zero attached hydrogens (tertiary/aromatic N) is 1. The Balaban J connectivity index is 2.77. The van der Waals surface area contributed by atoms with Crippen molar-refractivity contribution < 1.29 is 9.59 Å². The first kappa shape index (κ1) is 12.2. The smallest absolute Gasteiger partial charge is 0.255 e. The second-order valence-electron chi connectivity index (χ2n) is 3.62. The van der Waals surface area contributed by atoms with Crippen LogP contribution in [0.5, 0.6) is 0 Å². The molecule has 0 bridgehead atoms. The molecule has 0 aliphatic heterocycles. The molecule has 0 aromatic carbocycles. The van der Waals surface area contributed by atoms with Crippen molar-refractivity contribution in [2.24, 2.45) is 0 Å². The number of hydrogen-bond donors (Lipinski definition) is 3. The Hall–Kier alpha value is -1.85. The highest BCUT2D eigenvalue weighted by Gasteiger charge is 2.19. The number of H-pyrrole nitrogens is 1. The molecule has 3 N–H and O–H groups in total. The number of amides is 2. The Morgan fingerprint density at radius 3 is 2.44 bits per heavy atom. The fourth-order valence-corrected chi connectivity index (χ4v) is 1.44. The minimum absolute atomic E-state index is 0.229. The number of hydrogen-bond acceptors (Lipinski definition) is 3. The molecule has 0 aliphatic carbocycles. The first-order valence-corrected chi connectivity index (χ1v) is 5.01. The van der Waals surface area contributed by atoms with Crippen molar-refractivity contribution in [2.75, 3.05) is 7.05 Å². The van der Waals surface area contributed by atoms with Crippen LogP contribution in [0.15, 0.2) is 0 Å². The predicted molar refractivity (Wildman–Crippen MR) is 59.1 cm³/mol. The average molecular weight is 224 g/mol. The van der Waals surface area contributed by atoms with Gasteiger partial charge in [-0.25, -0.2) is 0 Å². The van der Waals surface area contributed by atoms with Gasteiger partial charge in [0.1, 0.15) is 6.04 Å². The number of aromatic nitrogens is 2. The van der Waals surface area contributed by atoms with Crippen molar-refractivity contribution in [1.29, 1.82) is 0 Å². The molecule has 88 valence electrons. The van der Waals surface area contributed by atoms with Crippen LogP contribution in [-0.4, -0.2) is 35.1 Å². The van der Waals surface area contributed by atoms with Crippen molar-refractivity contribution in [2.45, 2.75) is 26.8 Å². The van der Waals surface area contributed by atoms with E-state index in [2.05, 4.69) is 20.8 Å². The van der Waals surface area contributed by atoms with Gasteiger partial charge in [-0.2, -0.15) is 5.10 Å². The fourth-order valence-electron chi connectivity index (χ4n) is 1.44. The van der Waals surface area contributed by atoms with Crippen LogP contribution in [-0.2, 0) is 4.79 Å². The van der Waals surface area contributed by atoms with Gasteiger partial charge in [0.2, 0.25) is 5.91 Å². The summed E-state index contributed by atoms with van der Waals surface area (Å²) in [5.41, 5.74) is 1.81. The summed E-state index contributed by atoms with van der Waals surface area (Å²) >= 11 is 0. The molecule has 1 aromatic rings. The maximum atomic E-state index is 11.8. The molecule has 16 heavy (non-hydrogen) atoms. The van der Waals surface area contributed by atoms with Gasteiger partial charge in [-0.3, -0.25) is 14.7 Å². The second-order valence-corrected chi connectivity index (χ2v) is 3.62. The Morgan fingerprint density at radius 1 is 1.38 bits per heavy atom. The van der Waals surface area contributed by atoms with Crippen LogP contribution in [0.25, 0.3) is 0 Å². The number of aromatic amines is 1.